The molecule has 0 atom stereocenters. The van der Waals surface area contributed by atoms with Gasteiger partial charge in [0.25, 0.3) is 0 Å². The second-order valence-electron chi connectivity index (χ2n) is 5.85. The van der Waals surface area contributed by atoms with Crippen LogP contribution < -0.4 is 25.7 Å². The number of amides is 1. The number of carbonyl (C=O) groups is 1. The normalized spacial score (nSPS) is 12.7. The Labute approximate surface area is 150 Å². The van der Waals surface area contributed by atoms with Crippen LogP contribution in [0.1, 0.15) is 16.8 Å². The van der Waals surface area contributed by atoms with Crippen LogP contribution in [0.4, 0.5) is 11.8 Å². The first-order valence-electron chi connectivity index (χ1n) is 7.94. The number of nitrogens with zero attached hydrogens (tertiary/aromatic N) is 3. The lowest BCUT2D eigenvalue weighted by Crippen LogP contribution is -2.27. The summed E-state index contributed by atoms with van der Waals surface area (Å²) in [6.45, 7) is 0.722. The van der Waals surface area contributed by atoms with Gasteiger partial charge < -0.3 is 30.6 Å². The van der Waals surface area contributed by atoms with Gasteiger partial charge in [-0.05, 0) is 17.7 Å². The van der Waals surface area contributed by atoms with Crippen molar-refractivity contribution in [2.24, 2.45) is 0 Å². The summed E-state index contributed by atoms with van der Waals surface area (Å²) < 4.78 is 16.0. The fourth-order valence-corrected chi connectivity index (χ4v) is 3.00. The van der Waals surface area contributed by atoms with Crippen molar-refractivity contribution in [1.29, 1.82) is 0 Å². The fraction of sp³-hybridized carbons (Fsp3) is 0.353. The quantitative estimate of drug-likeness (QED) is 0.801. The van der Waals surface area contributed by atoms with Crippen LogP contribution in [0.2, 0.25) is 0 Å². The molecule has 0 spiro atoms. The molecule has 0 unspecified atom stereocenters. The fourth-order valence-electron chi connectivity index (χ4n) is 3.00. The maximum Gasteiger partial charge on any atom is 0.227 e. The first-order chi connectivity index (χ1) is 12.5. The molecule has 9 nitrogen and oxygen atoms in total. The van der Waals surface area contributed by atoms with E-state index in [9.17, 15) is 4.79 Å². The van der Waals surface area contributed by atoms with E-state index in [0.717, 1.165) is 11.1 Å². The number of anilines is 2. The summed E-state index contributed by atoms with van der Waals surface area (Å²) in [5, 5.41) is 0. The highest BCUT2D eigenvalue weighted by Gasteiger charge is 2.28. The molecule has 0 bridgehead atoms. The summed E-state index contributed by atoms with van der Waals surface area (Å²) in [5.74, 6) is 1.84. The number of ether oxygens (including phenoxy) is 3. The molecule has 138 valence electrons. The van der Waals surface area contributed by atoms with Gasteiger partial charge in [-0.3, -0.25) is 4.79 Å². The van der Waals surface area contributed by atoms with Gasteiger partial charge in [-0.25, -0.2) is 4.98 Å². The van der Waals surface area contributed by atoms with Crippen LogP contribution in [-0.4, -0.2) is 42.1 Å². The molecule has 1 amide bonds. The van der Waals surface area contributed by atoms with Gasteiger partial charge in [-0.2, -0.15) is 4.98 Å². The van der Waals surface area contributed by atoms with Gasteiger partial charge >= 0.3 is 0 Å². The van der Waals surface area contributed by atoms with E-state index in [4.69, 9.17) is 25.7 Å². The van der Waals surface area contributed by atoms with Gasteiger partial charge in [0.05, 0.1) is 46.5 Å². The largest absolute Gasteiger partial charge is 0.493 e. The standard InChI is InChI=1S/C17H21N5O4/c1-24-12-4-9(5-13(25-2)15(12)26-3)6-14(23)22-7-10-11(8-22)20-17(19)21-16(10)18/h4-5H,6-8H2,1-3H3,(H4,18,19,20,21). The van der Waals surface area contributed by atoms with Crippen molar-refractivity contribution in [3.63, 3.8) is 0 Å². The molecule has 0 aliphatic carbocycles. The van der Waals surface area contributed by atoms with E-state index in [-0.39, 0.29) is 18.3 Å². The number of hydrogen-bond acceptors (Lipinski definition) is 8. The van der Waals surface area contributed by atoms with Gasteiger partial charge in [-0.15, -0.1) is 0 Å². The molecule has 1 aliphatic heterocycles. The van der Waals surface area contributed by atoms with Gasteiger partial charge in [-0.1, -0.05) is 0 Å². The third-order valence-electron chi connectivity index (χ3n) is 4.26. The van der Waals surface area contributed by atoms with Gasteiger partial charge in [0.2, 0.25) is 17.6 Å². The Bertz CT molecular complexity index is 830. The third-order valence-corrected chi connectivity index (χ3v) is 4.26. The summed E-state index contributed by atoms with van der Waals surface area (Å²) in [5.41, 5.74) is 13.7. The molecule has 4 N–H and O–H groups in total. The molecule has 26 heavy (non-hydrogen) atoms. The summed E-state index contributed by atoms with van der Waals surface area (Å²) in [7, 11) is 4.60. The molecule has 1 aliphatic rings. The minimum atomic E-state index is -0.0738. The van der Waals surface area contributed by atoms with Crippen LogP contribution in [0.15, 0.2) is 12.1 Å². The third kappa shape index (κ3) is 3.15. The number of nitrogens with two attached hydrogens (primary N) is 2. The molecule has 2 heterocycles. The highest BCUT2D eigenvalue weighted by atomic mass is 16.5. The number of fused-ring (bicyclic) bond motifs is 1. The maximum absolute atomic E-state index is 12.7. The molecule has 1 aromatic heterocycles. The van der Waals surface area contributed by atoms with Gasteiger partial charge in [0.1, 0.15) is 5.82 Å². The van der Waals surface area contributed by atoms with E-state index in [1.54, 1.807) is 17.0 Å². The number of rotatable bonds is 5. The molecule has 3 rings (SSSR count). The van der Waals surface area contributed by atoms with E-state index < -0.39 is 0 Å². The van der Waals surface area contributed by atoms with E-state index in [0.29, 0.717) is 41.8 Å². The van der Waals surface area contributed by atoms with Crippen molar-refractivity contribution < 1.29 is 19.0 Å². The van der Waals surface area contributed by atoms with Crippen molar-refractivity contribution in [3.8, 4) is 17.2 Å². The Balaban J connectivity index is 1.80. The molecular weight excluding hydrogens is 338 g/mol. The lowest BCUT2D eigenvalue weighted by Gasteiger charge is -2.17. The monoisotopic (exact) mass is 359 g/mol. The average molecular weight is 359 g/mol. The second kappa shape index (κ2) is 6.95. The SMILES string of the molecule is COc1cc(CC(=O)N2Cc3nc(N)nc(N)c3C2)cc(OC)c1OC. The lowest BCUT2D eigenvalue weighted by molar-refractivity contribution is -0.131. The molecule has 9 heteroatoms. The smallest absolute Gasteiger partial charge is 0.227 e. The minimum Gasteiger partial charge on any atom is -0.493 e. The number of benzene rings is 1. The molecular formula is C17H21N5O4. The van der Waals surface area contributed by atoms with Crippen molar-refractivity contribution >= 4 is 17.7 Å². The van der Waals surface area contributed by atoms with Crippen LogP contribution in [0.25, 0.3) is 0 Å². The predicted octanol–water partition coefficient (Wildman–Crippen LogP) is 0.752. The zero-order valence-electron chi connectivity index (χ0n) is 14.9. The Kier molecular flexibility index (Phi) is 4.70. The number of aromatic nitrogens is 2. The number of nitrogen functional groups attached to an aromatic ring is 2. The van der Waals surface area contributed by atoms with Crippen LogP contribution in [-0.2, 0) is 24.3 Å². The van der Waals surface area contributed by atoms with E-state index in [2.05, 4.69) is 9.97 Å². The molecule has 0 radical (unpaired) electrons. The maximum atomic E-state index is 12.7. The molecule has 0 fully saturated rings. The summed E-state index contributed by atoms with van der Waals surface area (Å²) in [6.07, 6.45) is 0.174. The average Bonchev–Trinajstić information content (AvgIpc) is 3.05. The molecule has 2 aromatic rings. The van der Waals surface area contributed by atoms with Gasteiger partial charge in [0, 0.05) is 5.56 Å². The Morgan fingerprint density at radius 1 is 1.08 bits per heavy atom. The molecule has 0 saturated heterocycles. The van der Waals surface area contributed by atoms with E-state index in [1.807, 2.05) is 0 Å². The zero-order valence-corrected chi connectivity index (χ0v) is 14.9. The number of methoxy groups -OCH3 is 3. The van der Waals surface area contributed by atoms with Crippen molar-refractivity contribution in [1.82, 2.24) is 14.9 Å². The van der Waals surface area contributed by atoms with Crippen LogP contribution in [0, 0.1) is 0 Å². The van der Waals surface area contributed by atoms with Crippen molar-refractivity contribution in [2.75, 3.05) is 32.8 Å². The van der Waals surface area contributed by atoms with Crippen LogP contribution in [0.5, 0.6) is 17.2 Å². The lowest BCUT2D eigenvalue weighted by atomic mass is 10.1. The zero-order chi connectivity index (χ0) is 18.8. The Hall–Kier alpha value is -3.23. The first-order valence-corrected chi connectivity index (χ1v) is 7.94. The van der Waals surface area contributed by atoms with Crippen LogP contribution in [0.3, 0.4) is 0 Å². The van der Waals surface area contributed by atoms with E-state index in [1.165, 1.54) is 21.3 Å². The summed E-state index contributed by atoms with van der Waals surface area (Å²) in [4.78, 5) is 22.5. The number of carbonyl (C=O) groups excluding carboxylic acids is 1. The Morgan fingerprint density at radius 3 is 2.31 bits per heavy atom. The second-order valence-corrected chi connectivity index (χ2v) is 5.85. The first kappa shape index (κ1) is 17.6. The van der Waals surface area contributed by atoms with Crippen LogP contribution >= 0.6 is 0 Å². The molecule has 1 aromatic carbocycles. The summed E-state index contributed by atoms with van der Waals surface area (Å²) >= 11 is 0. The van der Waals surface area contributed by atoms with E-state index >= 15 is 0 Å². The van der Waals surface area contributed by atoms with Crippen molar-refractivity contribution in [2.45, 2.75) is 19.5 Å². The molecule has 0 saturated carbocycles. The van der Waals surface area contributed by atoms with Gasteiger partial charge in [0.15, 0.2) is 11.5 Å². The van der Waals surface area contributed by atoms with Crippen molar-refractivity contribution in [3.05, 3.63) is 29.0 Å². The topological polar surface area (TPSA) is 126 Å². The number of hydrogen-bond donors (Lipinski definition) is 2. The summed E-state index contributed by atoms with van der Waals surface area (Å²) in [6, 6.07) is 3.52. The Morgan fingerprint density at radius 2 is 1.73 bits per heavy atom. The minimum absolute atomic E-state index is 0.0738. The highest BCUT2D eigenvalue weighted by molar-refractivity contribution is 5.80. The predicted molar refractivity (Wildman–Crippen MR) is 94.9 cm³/mol. The highest BCUT2D eigenvalue weighted by Crippen LogP contribution is 2.38.